The predicted octanol–water partition coefficient (Wildman–Crippen LogP) is 8.40. The van der Waals surface area contributed by atoms with Gasteiger partial charge in [-0.05, 0) is 90.5 Å². The lowest BCUT2D eigenvalue weighted by atomic mass is 9.83. The summed E-state index contributed by atoms with van der Waals surface area (Å²) in [5, 5.41) is -0.587. The van der Waals surface area contributed by atoms with Gasteiger partial charge in [0, 0.05) is 11.9 Å². The number of benzene rings is 2. The number of alkyl halides is 1. The molecule has 6 rings (SSSR count). The van der Waals surface area contributed by atoms with E-state index in [4.69, 9.17) is 27.1 Å². The Kier molecular flexibility index (Phi) is 7.53. The van der Waals surface area contributed by atoms with Crippen LogP contribution in [0.4, 0.5) is 17.2 Å². The van der Waals surface area contributed by atoms with E-state index in [0.29, 0.717) is 23.3 Å². The maximum atomic E-state index is 13.2. The number of anilines is 3. The molecule has 3 aromatic rings. The van der Waals surface area contributed by atoms with Crippen LogP contribution >= 0.6 is 11.6 Å². The van der Waals surface area contributed by atoms with E-state index < -0.39 is 11.4 Å². The highest BCUT2D eigenvalue weighted by Crippen LogP contribution is 2.50. The summed E-state index contributed by atoms with van der Waals surface area (Å²) in [5.74, 6) is 1.38. The van der Waals surface area contributed by atoms with E-state index >= 15 is 0 Å². The Morgan fingerprint density at radius 1 is 0.923 bits per heavy atom. The van der Waals surface area contributed by atoms with Crippen molar-refractivity contribution in [1.82, 2.24) is 4.98 Å². The van der Waals surface area contributed by atoms with Crippen LogP contribution in [0.3, 0.4) is 0 Å². The first-order valence-corrected chi connectivity index (χ1v) is 15.1. The van der Waals surface area contributed by atoms with Gasteiger partial charge in [-0.15, -0.1) is 11.6 Å². The molecule has 2 aliphatic carbocycles. The number of fused-ring (bicyclic) bond motifs is 1. The molecular weight excluding hydrogens is 506 g/mol. The summed E-state index contributed by atoms with van der Waals surface area (Å²) < 4.78 is 5.48. The number of rotatable bonds is 6. The Morgan fingerprint density at radius 2 is 1.56 bits per heavy atom. The Hall–Kier alpha value is -3.05. The average molecular weight is 544 g/mol. The topological polar surface area (TPSA) is 68.5 Å². The van der Waals surface area contributed by atoms with Crippen molar-refractivity contribution in [2.24, 2.45) is 0 Å². The van der Waals surface area contributed by atoms with Gasteiger partial charge >= 0.3 is 5.97 Å². The third kappa shape index (κ3) is 5.02. The molecule has 0 spiro atoms. The summed E-state index contributed by atoms with van der Waals surface area (Å²) >= 11 is 7.05. The van der Waals surface area contributed by atoms with Crippen LogP contribution < -0.4 is 10.6 Å². The third-order valence-electron chi connectivity index (χ3n) is 8.96. The smallest absolute Gasteiger partial charge is 0.331 e. The first-order chi connectivity index (χ1) is 19.0. The van der Waals surface area contributed by atoms with E-state index in [0.717, 1.165) is 22.4 Å². The molecule has 2 N–H and O–H groups in total. The Morgan fingerprint density at radius 3 is 2.23 bits per heavy atom. The molecule has 1 aliphatic heterocycles. The highest BCUT2D eigenvalue weighted by Gasteiger charge is 2.45. The van der Waals surface area contributed by atoms with Crippen molar-refractivity contribution in [3.05, 3.63) is 71.4 Å². The standard InChI is InChI=1S/C33H38ClN3O2/c1-2-39-33(38)31-30(34)27-18-25(24-14-12-23(13-15-24)21-8-4-3-5-9-21)16-17-29(27)37(31)32-28(35)19-26(20-36-32)22-10-6-7-11-22/h12-22,30-31H,2-11,35H2,1H3. The van der Waals surface area contributed by atoms with Gasteiger partial charge in [0.15, 0.2) is 11.9 Å². The number of nitrogens with zero attached hydrogens (tertiary/aromatic N) is 2. The molecule has 2 saturated carbocycles. The lowest BCUT2D eigenvalue weighted by Crippen LogP contribution is -2.38. The predicted molar refractivity (Wildman–Crippen MR) is 159 cm³/mol. The second-order valence-corrected chi connectivity index (χ2v) is 11.8. The molecule has 2 unspecified atom stereocenters. The summed E-state index contributed by atoms with van der Waals surface area (Å²) in [5.41, 5.74) is 13.7. The Labute approximate surface area is 236 Å². The molecule has 2 fully saturated rings. The zero-order chi connectivity index (χ0) is 26.9. The molecule has 2 aromatic carbocycles. The molecule has 3 aliphatic rings. The molecule has 2 atom stereocenters. The summed E-state index contributed by atoms with van der Waals surface area (Å²) in [7, 11) is 0. The van der Waals surface area contributed by atoms with Crippen LogP contribution in [-0.4, -0.2) is 23.6 Å². The van der Waals surface area contributed by atoms with Crippen LogP contribution in [-0.2, 0) is 9.53 Å². The number of ether oxygens (including phenoxy) is 1. The zero-order valence-corrected chi connectivity index (χ0v) is 23.5. The molecule has 0 bridgehead atoms. The SMILES string of the molecule is CCOC(=O)C1C(Cl)c2cc(-c3ccc(C4CCCCC4)cc3)ccc2N1c1ncc(C2CCCC2)cc1N. The van der Waals surface area contributed by atoms with Gasteiger partial charge in [-0.25, -0.2) is 9.78 Å². The van der Waals surface area contributed by atoms with Gasteiger partial charge in [0.05, 0.1) is 17.7 Å². The molecule has 0 amide bonds. The molecule has 204 valence electrons. The highest BCUT2D eigenvalue weighted by molar-refractivity contribution is 6.25. The number of pyridine rings is 1. The normalized spacial score (nSPS) is 21.7. The first-order valence-electron chi connectivity index (χ1n) is 14.6. The minimum Gasteiger partial charge on any atom is -0.464 e. The number of carbonyl (C=O) groups excluding carboxylic acids is 1. The summed E-state index contributed by atoms with van der Waals surface area (Å²) in [6.07, 6.45) is 13.4. The van der Waals surface area contributed by atoms with Crippen LogP contribution in [0, 0.1) is 0 Å². The van der Waals surface area contributed by atoms with Gasteiger partial charge in [-0.2, -0.15) is 0 Å². The average Bonchev–Trinajstić information content (AvgIpc) is 3.61. The lowest BCUT2D eigenvalue weighted by molar-refractivity contribution is -0.144. The van der Waals surface area contributed by atoms with Gasteiger partial charge in [-0.1, -0.05) is 62.4 Å². The maximum Gasteiger partial charge on any atom is 0.331 e. The fourth-order valence-electron chi connectivity index (χ4n) is 6.88. The quantitative estimate of drug-likeness (QED) is 0.250. The van der Waals surface area contributed by atoms with Crippen molar-refractivity contribution >= 4 is 34.8 Å². The van der Waals surface area contributed by atoms with Crippen LogP contribution in [0.1, 0.15) is 98.6 Å². The van der Waals surface area contributed by atoms with Crippen molar-refractivity contribution in [3.63, 3.8) is 0 Å². The van der Waals surface area contributed by atoms with Crippen molar-refractivity contribution in [2.75, 3.05) is 17.2 Å². The number of aromatic nitrogens is 1. The second kappa shape index (κ2) is 11.2. The van der Waals surface area contributed by atoms with Crippen LogP contribution in [0.5, 0.6) is 0 Å². The fourth-order valence-corrected chi connectivity index (χ4v) is 7.27. The molecule has 0 saturated heterocycles. The van der Waals surface area contributed by atoms with Crippen molar-refractivity contribution in [1.29, 1.82) is 0 Å². The largest absolute Gasteiger partial charge is 0.464 e. The number of esters is 1. The van der Waals surface area contributed by atoms with E-state index in [-0.39, 0.29) is 12.6 Å². The number of hydrogen-bond donors (Lipinski definition) is 1. The zero-order valence-electron chi connectivity index (χ0n) is 22.7. The van der Waals surface area contributed by atoms with Gasteiger partial charge in [0.2, 0.25) is 0 Å². The van der Waals surface area contributed by atoms with E-state index in [1.54, 1.807) is 0 Å². The van der Waals surface area contributed by atoms with E-state index in [1.165, 1.54) is 68.9 Å². The van der Waals surface area contributed by atoms with Gasteiger partial charge in [0.25, 0.3) is 0 Å². The molecule has 6 heteroatoms. The van der Waals surface area contributed by atoms with E-state index in [1.807, 2.05) is 30.2 Å². The number of nitrogens with two attached hydrogens (primary N) is 1. The second-order valence-electron chi connectivity index (χ2n) is 11.4. The highest BCUT2D eigenvalue weighted by atomic mass is 35.5. The first kappa shape index (κ1) is 26.2. The van der Waals surface area contributed by atoms with Gasteiger partial charge in [-0.3, -0.25) is 0 Å². The van der Waals surface area contributed by atoms with Crippen LogP contribution in [0.15, 0.2) is 54.7 Å². The fraction of sp³-hybridized carbons (Fsp3) is 0.455. The minimum atomic E-state index is -0.738. The number of halogens is 1. The van der Waals surface area contributed by atoms with E-state index in [2.05, 4.69) is 36.4 Å². The summed E-state index contributed by atoms with van der Waals surface area (Å²) in [4.78, 5) is 19.9. The molecule has 5 nitrogen and oxygen atoms in total. The van der Waals surface area contributed by atoms with Crippen LogP contribution in [0.2, 0.25) is 0 Å². The van der Waals surface area contributed by atoms with Crippen LogP contribution in [0.25, 0.3) is 11.1 Å². The van der Waals surface area contributed by atoms with Crippen molar-refractivity contribution in [2.45, 2.75) is 88.0 Å². The number of hydrogen-bond acceptors (Lipinski definition) is 5. The van der Waals surface area contributed by atoms with Crippen molar-refractivity contribution in [3.8, 4) is 11.1 Å². The molecular formula is C33H38ClN3O2. The monoisotopic (exact) mass is 543 g/mol. The van der Waals surface area contributed by atoms with Crippen molar-refractivity contribution < 1.29 is 9.53 Å². The Balaban J connectivity index is 1.34. The molecule has 2 heterocycles. The van der Waals surface area contributed by atoms with Gasteiger partial charge < -0.3 is 15.4 Å². The number of carbonyl (C=O) groups is 1. The number of nitrogen functional groups attached to an aromatic ring is 1. The molecule has 1 aromatic heterocycles. The van der Waals surface area contributed by atoms with Gasteiger partial charge in [0.1, 0.15) is 0 Å². The summed E-state index contributed by atoms with van der Waals surface area (Å²) in [6.45, 7) is 2.09. The van der Waals surface area contributed by atoms with E-state index in [9.17, 15) is 4.79 Å². The minimum absolute atomic E-state index is 0.283. The Bertz CT molecular complexity index is 1330. The summed E-state index contributed by atoms with van der Waals surface area (Å²) in [6, 6.07) is 16.5. The maximum absolute atomic E-state index is 13.2. The third-order valence-corrected chi connectivity index (χ3v) is 9.43. The lowest BCUT2D eigenvalue weighted by Gasteiger charge is -2.27. The molecule has 39 heavy (non-hydrogen) atoms. The molecule has 0 radical (unpaired) electrons.